The number of ether oxygens (including phenoxy) is 1. The fourth-order valence-corrected chi connectivity index (χ4v) is 1.55. The first-order valence-corrected chi connectivity index (χ1v) is 6.76. The van der Waals surface area contributed by atoms with Crippen LogP contribution in [0.25, 0.3) is 0 Å². The van der Waals surface area contributed by atoms with Crippen molar-refractivity contribution in [2.75, 3.05) is 36.5 Å². The van der Waals surface area contributed by atoms with E-state index in [0.717, 1.165) is 0 Å². The molecule has 21 heavy (non-hydrogen) atoms. The Morgan fingerprint density at radius 2 is 2.00 bits per heavy atom. The van der Waals surface area contributed by atoms with E-state index in [9.17, 15) is 8.78 Å². The van der Waals surface area contributed by atoms with Crippen LogP contribution in [0.15, 0.2) is 0 Å². The highest BCUT2D eigenvalue weighted by Gasteiger charge is 2.18. The molecule has 0 radical (unpaired) electrons. The normalized spacial score (nSPS) is 11.0. The van der Waals surface area contributed by atoms with E-state index in [-0.39, 0.29) is 37.2 Å². The number of anilines is 2. The van der Waals surface area contributed by atoms with E-state index in [1.54, 1.807) is 13.8 Å². The van der Waals surface area contributed by atoms with Crippen molar-refractivity contribution in [3.8, 4) is 6.01 Å². The van der Waals surface area contributed by atoms with Crippen LogP contribution >= 0.6 is 0 Å². The van der Waals surface area contributed by atoms with Crippen LogP contribution in [0.1, 0.15) is 20.8 Å². The van der Waals surface area contributed by atoms with Gasteiger partial charge < -0.3 is 20.1 Å². The smallest absolute Gasteiger partial charge is 0.323 e. The number of halogens is 2. The van der Waals surface area contributed by atoms with E-state index in [2.05, 4.69) is 20.3 Å². The van der Waals surface area contributed by atoms with Gasteiger partial charge in [0.1, 0.15) is 0 Å². The van der Waals surface area contributed by atoms with Crippen LogP contribution < -0.4 is 15.0 Å². The Bertz CT molecular complexity index is 434. The van der Waals surface area contributed by atoms with Crippen LogP contribution in [0.4, 0.5) is 20.7 Å². The maximum atomic E-state index is 12.6. The van der Waals surface area contributed by atoms with Gasteiger partial charge in [0.25, 0.3) is 6.43 Å². The van der Waals surface area contributed by atoms with Crippen molar-refractivity contribution >= 4 is 11.9 Å². The molecule has 0 aliphatic carbocycles. The molecule has 9 heteroatoms. The Hall–Kier alpha value is -1.77. The maximum absolute atomic E-state index is 12.6. The van der Waals surface area contributed by atoms with E-state index in [1.807, 2.05) is 6.92 Å². The summed E-state index contributed by atoms with van der Waals surface area (Å²) in [7, 11) is 0. The molecule has 0 fully saturated rings. The minimum Gasteiger partial charge on any atom is -0.461 e. The number of aliphatic hydroxyl groups excluding tert-OH is 1. The van der Waals surface area contributed by atoms with Crippen LogP contribution in [0.3, 0.4) is 0 Å². The van der Waals surface area contributed by atoms with Gasteiger partial charge in [-0.25, -0.2) is 8.78 Å². The molecule has 0 unspecified atom stereocenters. The van der Waals surface area contributed by atoms with Gasteiger partial charge in [0.15, 0.2) is 0 Å². The van der Waals surface area contributed by atoms with E-state index in [0.29, 0.717) is 6.54 Å². The molecular weight excluding hydrogens is 284 g/mol. The summed E-state index contributed by atoms with van der Waals surface area (Å²) in [5.41, 5.74) is 0. The topological polar surface area (TPSA) is 83.4 Å². The van der Waals surface area contributed by atoms with Gasteiger partial charge in [0.05, 0.1) is 19.3 Å². The van der Waals surface area contributed by atoms with E-state index in [1.165, 1.54) is 4.90 Å². The molecule has 120 valence electrons. The SMILES string of the molecule is CCNc1nc(OC(C)C)nc(N(CCO)CC(F)F)n1. The lowest BCUT2D eigenvalue weighted by Gasteiger charge is -2.22. The van der Waals surface area contributed by atoms with Gasteiger partial charge in [-0.1, -0.05) is 0 Å². The average Bonchev–Trinajstić information content (AvgIpc) is 2.37. The first-order valence-electron chi connectivity index (χ1n) is 6.76. The second-order valence-corrected chi connectivity index (χ2v) is 4.50. The Morgan fingerprint density at radius 1 is 1.29 bits per heavy atom. The van der Waals surface area contributed by atoms with Crippen LogP contribution in [-0.4, -0.2) is 58.8 Å². The molecular formula is C12H21F2N5O2. The second-order valence-electron chi connectivity index (χ2n) is 4.50. The third kappa shape index (κ3) is 6.03. The van der Waals surface area contributed by atoms with Crippen LogP contribution in [0, 0.1) is 0 Å². The minimum absolute atomic E-state index is 0.00103. The number of hydrogen-bond donors (Lipinski definition) is 2. The molecule has 2 N–H and O–H groups in total. The summed E-state index contributed by atoms with van der Waals surface area (Å²) in [6.07, 6.45) is -2.72. The molecule has 1 aromatic rings. The van der Waals surface area contributed by atoms with Gasteiger partial charge in [0, 0.05) is 13.1 Å². The zero-order valence-corrected chi connectivity index (χ0v) is 12.4. The van der Waals surface area contributed by atoms with Crippen molar-refractivity contribution in [1.82, 2.24) is 15.0 Å². The Kier molecular flexibility index (Phi) is 7.00. The summed E-state index contributed by atoms with van der Waals surface area (Å²) in [6.45, 7) is 5.19. The zero-order valence-electron chi connectivity index (χ0n) is 12.4. The van der Waals surface area contributed by atoms with Gasteiger partial charge in [-0.05, 0) is 20.8 Å². The Balaban J connectivity index is 3.07. The minimum atomic E-state index is -2.56. The van der Waals surface area contributed by atoms with Crippen LogP contribution in [-0.2, 0) is 0 Å². The van der Waals surface area contributed by atoms with Crippen LogP contribution in [0.5, 0.6) is 6.01 Å². The molecule has 0 atom stereocenters. The summed E-state index contributed by atoms with van der Waals surface area (Å²) in [5.74, 6) is 0.293. The number of alkyl halides is 2. The lowest BCUT2D eigenvalue weighted by atomic mass is 10.5. The number of nitrogens with zero attached hydrogens (tertiary/aromatic N) is 4. The molecule has 0 aromatic carbocycles. The van der Waals surface area contributed by atoms with Crippen molar-refractivity contribution in [2.45, 2.75) is 33.3 Å². The number of nitrogens with one attached hydrogen (secondary N) is 1. The summed E-state index contributed by atoms with van der Waals surface area (Å²) >= 11 is 0. The summed E-state index contributed by atoms with van der Waals surface area (Å²) in [4.78, 5) is 13.3. The van der Waals surface area contributed by atoms with Gasteiger partial charge in [-0.15, -0.1) is 0 Å². The molecule has 0 saturated heterocycles. The van der Waals surface area contributed by atoms with E-state index in [4.69, 9.17) is 9.84 Å². The molecule has 1 aromatic heterocycles. The Morgan fingerprint density at radius 3 is 2.52 bits per heavy atom. The predicted molar refractivity (Wildman–Crippen MR) is 75.1 cm³/mol. The predicted octanol–water partition coefficient (Wildman–Crippen LogP) is 1.15. The van der Waals surface area contributed by atoms with Crippen molar-refractivity contribution < 1.29 is 18.6 Å². The standard InChI is InChI=1S/C12H21F2N5O2/c1-4-15-10-16-11(18-12(17-10)21-8(2)3)19(5-6-20)7-9(13)14/h8-9,20H,4-7H2,1-3H3,(H,15,16,17,18). The van der Waals surface area contributed by atoms with Crippen molar-refractivity contribution in [3.63, 3.8) is 0 Å². The monoisotopic (exact) mass is 305 g/mol. The van der Waals surface area contributed by atoms with Crippen molar-refractivity contribution in [2.24, 2.45) is 0 Å². The lowest BCUT2D eigenvalue weighted by molar-refractivity contribution is 0.152. The maximum Gasteiger partial charge on any atom is 0.323 e. The molecule has 0 saturated carbocycles. The van der Waals surface area contributed by atoms with E-state index < -0.39 is 13.0 Å². The highest BCUT2D eigenvalue weighted by molar-refractivity contribution is 5.38. The number of rotatable bonds is 9. The van der Waals surface area contributed by atoms with Crippen molar-refractivity contribution in [3.05, 3.63) is 0 Å². The average molecular weight is 305 g/mol. The number of aromatic nitrogens is 3. The third-order valence-corrected chi connectivity index (χ3v) is 2.29. The fraction of sp³-hybridized carbons (Fsp3) is 0.750. The van der Waals surface area contributed by atoms with Gasteiger partial charge in [0.2, 0.25) is 11.9 Å². The number of hydrogen-bond acceptors (Lipinski definition) is 7. The first-order chi connectivity index (χ1) is 9.96. The molecule has 0 spiro atoms. The lowest BCUT2D eigenvalue weighted by Crippen LogP contribution is -2.33. The molecule has 0 bridgehead atoms. The first kappa shape index (κ1) is 17.3. The van der Waals surface area contributed by atoms with Crippen molar-refractivity contribution in [1.29, 1.82) is 0 Å². The zero-order chi connectivity index (χ0) is 15.8. The highest BCUT2D eigenvalue weighted by Crippen LogP contribution is 2.17. The fourth-order valence-electron chi connectivity index (χ4n) is 1.55. The summed E-state index contributed by atoms with van der Waals surface area (Å²) < 4.78 is 30.6. The summed E-state index contributed by atoms with van der Waals surface area (Å²) in [6, 6.07) is 0.0585. The molecule has 0 amide bonds. The van der Waals surface area contributed by atoms with Gasteiger partial charge in [-0.2, -0.15) is 15.0 Å². The van der Waals surface area contributed by atoms with Crippen LogP contribution in [0.2, 0.25) is 0 Å². The molecule has 1 rings (SSSR count). The summed E-state index contributed by atoms with van der Waals surface area (Å²) in [5, 5.41) is 11.9. The molecule has 7 nitrogen and oxygen atoms in total. The Labute approximate surface area is 122 Å². The molecule has 0 aliphatic rings. The largest absolute Gasteiger partial charge is 0.461 e. The third-order valence-electron chi connectivity index (χ3n) is 2.29. The quantitative estimate of drug-likeness (QED) is 0.708. The molecule has 0 aliphatic heterocycles. The number of aliphatic hydroxyl groups is 1. The second kappa shape index (κ2) is 8.50. The van der Waals surface area contributed by atoms with Gasteiger partial charge >= 0.3 is 6.01 Å². The molecule has 1 heterocycles. The van der Waals surface area contributed by atoms with Gasteiger partial charge in [-0.3, -0.25) is 0 Å². The highest BCUT2D eigenvalue weighted by atomic mass is 19.3. The van der Waals surface area contributed by atoms with E-state index >= 15 is 0 Å².